The average Bonchev–Trinajstić information content (AvgIpc) is 3.30. The van der Waals surface area contributed by atoms with Gasteiger partial charge in [0.2, 0.25) is 0 Å². The molecule has 0 aliphatic carbocycles. The molecule has 4 heterocycles. The smallest absolute Gasteiger partial charge is 0.251 e. The van der Waals surface area contributed by atoms with Gasteiger partial charge in [-0.05, 0) is 26.0 Å². The minimum atomic E-state index is -0.123. The quantitative estimate of drug-likeness (QED) is 0.387. The molecule has 0 fully saturated rings. The van der Waals surface area contributed by atoms with E-state index in [2.05, 4.69) is 20.8 Å². The molecule has 0 aromatic carbocycles. The van der Waals surface area contributed by atoms with Gasteiger partial charge in [-0.2, -0.15) is 0 Å². The SMILES string of the molecule is CNc1cc[n+](CCNC(=O)c2ccn3c(-c4c(C)noc4C)cnc3c2)cc1.Cl.[Cl-]. The summed E-state index contributed by atoms with van der Waals surface area (Å²) < 4.78 is 9.22. The number of halogens is 2. The zero-order chi connectivity index (χ0) is 20.4. The molecule has 0 unspecified atom stereocenters. The molecule has 10 heteroatoms. The Morgan fingerprint density at radius 2 is 1.97 bits per heavy atom. The Morgan fingerprint density at radius 1 is 1.23 bits per heavy atom. The van der Waals surface area contributed by atoms with Crippen LogP contribution in [0.4, 0.5) is 5.69 Å². The summed E-state index contributed by atoms with van der Waals surface area (Å²) in [6, 6.07) is 7.56. The molecule has 0 aliphatic heterocycles. The summed E-state index contributed by atoms with van der Waals surface area (Å²) in [6.07, 6.45) is 7.58. The number of nitrogens with zero attached hydrogens (tertiary/aromatic N) is 4. The second-order valence-corrected chi connectivity index (χ2v) is 6.82. The third-order valence-corrected chi connectivity index (χ3v) is 4.90. The lowest BCUT2D eigenvalue weighted by Crippen LogP contribution is -3.00. The molecule has 4 aromatic heterocycles. The van der Waals surface area contributed by atoms with E-state index in [0.717, 1.165) is 28.4 Å². The average molecular weight is 463 g/mol. The van der Waals surface area contributed by atoms with Crippen molar-refractivity contribution in [2.75, 3.05) is 18.9 Å². The number of anilines is 1. The van der Waals surface area contributed by atoms with E-state index in [4.69, 9.17) is 4.52 Å². The Balaban J connectivity index is 0.00000171. The summed E-state index contributed by atoms with van der Waals surface area (Å²) >= 11 is 0. The largest absolute Gasteiger partial charge is 1.00 e. The van der Waals surface area contributed by atoms with Crippen molar-refractivity contribution in [2.45, 2.75) is 20.4 Å². The van der Waals surface area contributed by atoms with Gasteiger partial charge in [-0.3, -0.25) is 9.20 Å². The summed E-state index contributed by atoms with van der Waals surface area (Å²) in [4.78, 5) is 17.0. The lowest BCUT2D eigenvalue weighted by molar-refractivity contribution is -0.694. The molecule has 0 spiro atoms. The lowest BCUT2D eigenvalue weighted by atomic mass is 10.1. The van der Waals surface area contributed by atoms with Crippen molar-refractivity contribution >= 4 is 29.6 Å². The van der Waals surface area contributed by atoms with Gasteiger partial charge in [0, 0.05) is 36.6 Å². The summed E-state index contributed by atoms with van der Waals surface area (Å²) in [5, 5.41) is 10.0. The highest BCUT2D eigenvalue weighted by molar-refractivity contribution is 5.95. The van der Waals surface area contributed by atoms with Crippen molar-refractivity contribution < 1.29 is 26.3 Å². The molecule has 4 rings (SSSR count). The van der Waals surface area contributed by atoms with Crippen LogP contribution in [0.5, 0.6) is 0 Å². The number of rotatable bonds is 6. The van der Waals surface area contributed by atoms with Crippen LogP contribution in [0.1, 0.15) is 21.8 Å². The molecule has 31 heavy (non-hydrogen) atoms. The van der Waals surface area contributed by atoms with Gasteiger partial charge in [0.05, 0.1) is 29.7 Å². The number of hydrogen-bond acceptors (Lipinski definition) is 5. The molecule has 0 saturated heterocycles. The molecule has 0 bridgehead atoms. The molecule has 164 valence electrons. The first kappa shape index (κ1) is 24.2. The fourth-order valence-corrected chi connectivity index (χ4v) is 3.33. The molecule has 0 atom stereocenters. The van der Waals surface area contributed by atoms with E-state index >= 15 is 0 Å². The Labute approximate surface area is 192 Å². The number of aryl methyl sites for hydroxylation is 2. The second-order valence-electron chi connectivity index (χ2n) is 6.82. The van der Waals surface area contributed by atoms with E-state index in [1.54, 1.807) is 18.3 Å². The molecule has 4 aromatic rings. The van der Waals surface area contributed by atoms with Crippen LogP contribution in [-0.2, 0) is 6.54 Å². The van der Waals surface area contributed by atoms with Crippen LogP contribution < -0.4 is 27.6 Å². The maximum absolute atomic E-state index is 12.5. The number of nitrogens with one attached hydrogen (secondary N) is 2. The zero-order valence-electron chi connectivity index (χ0n) is 17.4. The number of carbonyl (C=O) groups excluding carboxylic acids is 1. The van der Waals surface area contributed by atoms with Crippen LogP contribution >= 0.6 is 12.4 Å². The van der Waals surface area contributed by atoms with E-state index < -0.39 is 0 Å². The van der Waals surface area contributed by atoms with Crippen LogP contribution in [0, 0.1) is 13.8 Å². The van der Waals surface area contributed by atoms with Gasteiger partial charge in [0.15, 0.2) is 18.9 Å². The van der Waals surface area contributed by atoms with Crippen molar-refractivity contribution in [1.29, 1.82) is 0 Å². The maximum atomic E-state index is 12.5. The number of fused-ring (bicyclic) bond motifs is 1. The highest BCUT2D eigenvalue weighted by Crippen LogP contribution is 2.27. The maximum Gasteiger partial charge on any atom is 0.251 e. The van der Waals surface area contributed by atoms with Gasteiger partial charge in [0.25, 0.3) is 5.91 Å². The molecular formula is C21H24Cl2N6O2. The van der Waals surface area contributed by atoms with E-state index in [-0.39, 0.29) is 30.7 Å². The summed E-state index contributed by atoms with van der Waals surface area (Å²) in [5.74, 6) is 0.619. The lowest BCUT2D eigenvalue weighted by Gasteiger charge is -2.06. The van der Waals surface area contributed by atoms with Gasteiger partial charge in [-0.15, -0.1) is 12.4 Å². The van der Waals surface area contributed by atoms with Crippen molar-refractivity contribution in [1.82, 2.24) is 19.9 Å². The molecule has 0 aliphatic rings. The van der Waals surface area contributed by atoms with Gasteiger partial charge in [-0.25, -0.2) is 9.55 Å². The number of amides is 1. The monoisotopic (exact) mass is 462 g/mol. The normalized spacial score (nSPS) is 10.3. The van der Waals surface area contributed by atoms with Gasteiger partial charge in [-0.1, -0.05) is 5.16 Å². The van der Waals surface area contributed by atoms with E-state index in [1.165, 1.54) is 0 Å². The Kier molecular flexibility index (Phi) is 8.01. The van der Waals surface area contributed by atoms with E-state index in [1.807, 2.05) is 60.6 Å². The van der Waals surface area contributed by atoms with Gasteiger partial charge < -0.3 is 27.6 Å². The van der Waals surface area contributed by atoms with E-state index in [9.17, 15) is 4.79 Å². The van der Waals surface area contributed by atoms with Crippen molar-refractivity contribution in [3.05, 3.63) is 66.1 Å². The number of imidazole rings is 1. The molecule has 2 N–H and O–H groups in total. The van der Waals surface area contributed by atoms with Crippen molar-refractivity contribution in [3.63, 3.8) is 0 Å². The highest BCUT2D eigenvalue weighted by atomic mass is 35.5. The van der Waals surface area contributed by atoms with Crippen LogP contribution in [0.3, 0.4) is 0 Å². The van der Waals surface area contributed by atoms with Crippen molar-refractivity contribution in [3.8, 4) is 11.3 Å². The van der Waals surface area contributed by atoms with Gasteiger partial charge in [0.1, 0.15) is 11.4 Å². The predicted octanol–water partition coefficient (Wildman–Crippen LogP) is -0.209. The minimum Gasteiger partial charge on any atom is -1.00 e. The molecular weight excluding hydrogens is 439 g/mol. The first-order valence-electron chi connectivity index (χ1n) is 9.42. The molecule has 0 radical (unpaired) electrons. The predicted molar refractivity (Wildman–Crippen MR) is 116 cm³/mol. The van der Waals surface area contributed by atoms with Gasteiger partial charge >= 0.3 is 0 Å². The highest BCUT2D eigenvalue weighted by Gasteiger charge is 2.16. The number of hydrogen-bond donors (Lipinski definition) is 2. The van der Waals surface area contributed by atoms with Crippen LogP contribution in [0.15, 0.2) is 53.6 Å². The summed E-state index contributed by atoms with van der Waals surface area (Å²) in [6.45, 7) is 5.00. The topological polar surface area (TPSA) is 88.3 Å². The Hall–Kier alpha value is -3.10. The van der Waals surface area contributed by atoms with Crippen molar-refractivity contribution in [2.24, 2.45) is 0 Å². The fraction of sp³-hybridized carbons (Fsp3) is 0.238. The molecule has 8 nitrogen and oxygen atoms in total. The first-order valence-corrected chi connectivity index (χ1v) is 9.42. The van der Waals surface area contributed by atoms with E-state index in [0.29, 0.717) is 24.3 Å². The third-order valence-electron chi connectivity index (χ3n) is 4.90. The van der Waals surface area contributed by atoms with Crippen LogP contribution in [0.2, 0.25) is 0 Å². The van der Waals surface area contributed by atoms with Crippen LogP contribution in [0.25, 0.3) is 16.9 Å². The number of aromatic nitrogens is 4. The minimum absolute atomic E-state index is 0. The Morgan fingerprint density at radius 3 is 2.61 bits per heavy atom. The molecule has 1 amide bonds. The zero-order valence-corrected chi connectivity index (χ0v) is 19.0. The first-order chi connectivity index (χ1) is 14.1. The number of pyridine rings is 2. The second kappa shape index (κ2) is 10.3. The third kappa shape index (κ3) is 4.98. The fourth-order valence-electron chi connectivity index (χ4n) is 3.33. The van der Waals surface area contributed by atoms with Crippen LogP contribution in [-0.4, -0.2) is 34.0 Å². The molecule has 0 saturated carbocycles. The summed E-state index contributed by atoms with van der Waals surface area (Å²) in [7, 11) is 1.88. The number of carbonyl (C=O) groups is 1. The summed E-state index contributed by atoms with van der Waals surface area (Å²) in [5.41, 5.74) is 4.95. The standard InChI is InChI=1S/C21H22N6O2.2ClH/c1-14-20(15(2)29-25-14)18-13-24-19-12-16(4-10-27(18)19)21(28)23-7-11-26-8-5-17(22-3)6-9-26;;/h4-6,8-10,12-13H,7,11H2,1-3H3,(H,23,28);2*1H. The Bertz CT molecular complexity index is 1150.